The summed E-state index contributed by atoms with van der Waals surface area (Å²) in [5.41, 5.74) is 34.3. The fourth-order valence-electron chi connectivity index (χ4n) is 19.4. The molecule has 0 amide bonds. The minimum absolute atomic E-state index is 0.818. The smallest absolute Gasteiger partial charge is 0.111 e. The molecule has 0 aliphatic heterocycles. The highest BCUT2D eigenvalue weighted by atomic mass is 15.3. The third-order valence-electron chi connectivity index (χ3n) is 25.5. The van der Waals surface area contributed by atoms with E-state index in [1.165, 1.54) is 6.21 Å². The molecule has 138 heavy (non-hydrogen) atoms. The second-order valence-corrected chi connectivity index (χ2v) is 34.2. The van der Waals surface area contributed by atoms with Crippen molar-refractivity contribution in [2.24, 2.45) is 0 Å². The van der Waals surface area contributed by atoms with E-state index in [0.29, 0.717) is 0 Å². The van der Waals surface area contributed by atoms with Crippen molar-refractivity contribution in [3.8, 4) is 62.6 Å². The van der Waals surface area contributed by atoms with Gasteiger partial charge in [-0.25, -0.2) is 54.2 Å². The van der Waals surface area contributed by atoms with Crippen LogP contribution < -0.4 is 5.32 Å². The average Bonchev–Trinajstić information content (AvgIpc) is 1.57. The third kappa shape index (κ3) is 14.7. The van der Waals surface area contributed by atoms with Gasteiger partial charge in [0, 0.05) is 33.9 Å². The summed E-state index contributed by atoms with van der Waals surface area (Å²) in [7, 11) is 0. The number of hydrogen-bond acceptors (Lipinski definition) is 13. The number of aryl methyl sites for hydroxylation is 6. The van der Waals surface area contributed by atoms with Gasteiger partial charge in [0.25, 0.3) is 0 Å². The van der Waals surface area contributed by atoms with Gasteiger partial charge in [-0.15, -0.1) is 0 Å². The fourth-order valence-corrected chi connectivity index (χ4v) is 19.4. The van der Waals surface area contributed by atoms with Crippen molar-refractivity contribution in [2.75, 3.05) is 5.32 Å². The van der Waals surface area contributed by atoms with Crippen LogP contribution in [0.25, 0.3) is 184 Å². The minimum atomic E-state index is 0.818. The predicted molar refractivity (Wildman–Crippen MR) is 553 cm³/mol. The maximum absolute atomic E-state index is 7.75. The van der Waals surface area contributed by atoms with E-state index in [1.54, 1.807) is 0 Å². The zero-order valence-corrected chi connectivity index (χ0v) is 75.9. The molecule has 0 aliphatic rings. The summed E-state index contributed by atoms with van der Waals surface area (Å²) in [5.74, 6) is 5.66. The lowest BCUT2D eigenvalue weighted by Crippen LogP contribution is -2.06. The average molecular weight is 1790 g/mol. The predicted octanol–water partition coefficient (Wildman–Crippen LogP) is 25.1. The van der Waals surface area contributed by atoms with Crippen LogP contribution in [0.3, 0.4) is 0 Å². The number of fused-ring (bicyclic) bond motifs is 11. The van der Waals surface area contributed by atoms with Crippen LogP contribution in [0.2, 0.25) is 0 Å². The molecule has 0 radical (unpaired) electrons. The molecule has 0 saturated carbocycles. The Morgan fingerprint density at radius 2 is 0.449 bits per heavy atom. The molecule has 0 saturated heterocycles. The van der Waals surface area contributed by atoms with Crippen LogP contribution in [0.4, 0.5) is 11.4 Å². The van der Waals surface area contributed by atoms with E-state index in [-0.39, 0.29) is 0 Å². The molecule has 11 heterocycles. The summed E-state index contributed by atoms with van der Waals surface area (Å²) < 4.78 is 23.6. The number of benzene rings is 16. The van der Waals surface area contributed by atoms with Gasteiger partial charge in [-0.1, -0.05) is 164 Å². The van der Waals surface area contributed by atoms with Crippen molar-refractivity contribution in [2.45, 2.75) is 41.5 Å². The highest BCUT2D eigenvalue weighted by Crippen LogP contribution is 2.38. The van der Waals surface area contributed by atoms with E-state index >= 15 is 0 Å². The van der Waals surface area contributed by atoms with Gasteiger partial charge >= 0.3 is 0 Å². The molecule has 0 aliphatic carbocycles. The Hall–Kier alpha value is -18.8. The van der Waals surface area contributed by atoms with E-state index in [4.69, 9.17) is 35.3 Å². The lowest BCUT2D eigenvalue weighted by Gasteiger charge is -2.16. The first kappa shape index (κ1) is 82.3. The largest absolute Gasteiger partial charge is 0.355 e. The molecule has 2 N–H and O–H groups in total. The van der Waals surface area contributed by atoms with Gasteiger partial charge in [0.05, 0.1) is 185 Å². The van der Waals surface area contributed by atoms with Crippen LogP contribution in [0.15, 0.2) is 395 Å². The van der Waals surface area contributed by atoms with E-state index < -0.39 is 0 Å². The zero-order valence-electron chi connectivity index (χ0n) is 75.9. The SMILES string of the molecule is Cc1nc2ccccc2n1-c1cc(-n2c(C)nc3ccccc32)cc(-n2c(C)nc3ccccc32)c1.Cc1nc2ccccc2n1-c1cc(-n2c(C)nc3ccccc32)cc(-n2c(C)nc3ccccc32)c1.N=Cc1ccccc1Nc1cc(-n2ncc3ccccc32)cc(-n2ncc3ccccc32)c1.c1ccc2c(c1)ncn2-c1cc(-n2cnc3ccccc32)cc(-n2cnc3ccccc32)c1. The van der Waals surface area contributed by atoms with Gasteiger partial charge in [-0.3, -0.25) is 41.1 Å². The number of hydrogen-bond donors (Lipinski definition) is 2. The fraction of sp³-hybridized carbons (Fsp3) is 0.0526. The van der Waals surface area contributed by atoms with Gasteiger partial charge in [-0.05, 0) is 242 Å². The summed E-state index contributed by atoms with van der Waals surface area (Å²) in [6.45, 7) is 12.3. The number of aromatic nitrogens is 22. The number of nitrogens with zero attached hydrogens (tertiary/aromatic N) is 22. The van der Waals surface area contributed by atoms with Crippen molar-refractivity contribution in [1.82, 2.24) is 106 Å². The Bertz CT molecular complexity index is 8360. The van der Waals surface area contributed by atoms with Gasteiger partial charge in [0.15, 0.2) is 0 Å². The monoisotopic (exact) mass is 1790 g/mol. The molecule has 11 aromatic heterocycles. The molecule has 27 aromatic rings. The van der Waals surface area contributed by atoms with E-state index in [1.807, 2.05) is 180 Å². The summed E-state index contributed by atoms with van der Waals surface area (Å²) in [4.78, 5) is 42.8. The summed E-state index contributed by atoms with van der Waals surface area (Å²) >= 11 is 0. The molecule has 0 atom stereocenters. The highest BCUT2D eigenvalue weighted by Gasteiger charge is 2.24. The Kier molecular flexibility index (Phi) is 20.3. The topological polar surface area (TPSA) is 232 Å². The van der Waals surface area contributed by atoms with Crippen molar-refractivity contribution in [3.63, 3.8) is 0 Å². The van der Waals surface area contributed by atoms with Crippen LogP contribution in [-0.2, 0) is 0 Å². The normalized spacial score (nSPS) is 11.6. The summed E-state index contributed by atoms with van der Waals surface area (Å²) in [5, 5.41) is 22.7. The zero-order chi connectivity index (χ0) is 92.8. The van der Waals surface area contributed by atoms with Crippen LogP contribution in [-0.4, -0.2) is 112 Å². The molecule has 662 valence electrons. The first-order chi connectivity index (χ1) is 67.8. The second kappa shape index (κ2) is 34.1. The van der Waals surface area contributed by atoms with Crippen molar-refractivity contribution in [1.29, 1.82) is 5.41 Å². The molecule has 0 fully saturated rings. The highest BCUT2D eigenvalue weighted by molar-refractivity contribution is 5.91. The molecule has 27 rings (SSSR count). The summed E-state index contributed by atoms with van der Waals surface area (Å²) in [6, 6.07) is 124. The van der Waals surface area contributed by atoms with Crippen molar-refractivity contribution < 1.29 is 0 Å². The maximum Gasteiger partial charge on any atom is 0.111 e. The molecule has 24 nitrogen and oxygen atoms in total. The molecular formula is C114H86N24. The number of para-hydroxylation sites is 21. The Balaban J connectivity index is 0.000000100. The maximum atomic E-state index is 7.75. The first-order valence-corrected chi connectivity index (χ1v) is 45.6. The Labute approximate surface area is 790 Å². The molecular weight excluding hydrogens is 1710 g/mol. The first-order valence-electron chi connectivity index (χ1n) is 45.6. The quantitative estimate of drug-likeness (QED) is 0.0968. The van der Waals surface area contributed by atoms with E-state index in [2.05, 4.69) is 338 Å². The molecule has 24 heteroatoms. The van der Waals surface area contributed by atoms with E-state index in [9.17, 15) is 0 Å². The van der Waals surface area contributed by atoms with Crippen LogP contribution >= 0.6 is 0 Å². The number of imidazole rings is 9. The lowest BCUT2D eigenvalue weighted by atomic mass is 10.1. The van der Waals surface area contributed by atoms with Gasteiger partial charge in [-0.2, -0.15) is 10.2 Å². The van der Waals surface area contributed by atoms with Gasteiger partial charge < -0.3 is 10.7 Å². The second-order valence-electron chi connectivity index (χ2n) is 34.2. The Morgan fingerprint density at radius 3 is 0.732 bits per heavy atom. The van der Waals surface area contributed by atoms with Crippen LogP contribution in [0, 0.1) is 47.0 Å². The van der Waals surface area contributed by atoms with Gasteiger partial charge in [0.1, 0.15) is 53.9 Å². The van der Waals surface area contributed by atoms with Crippen molar-refractivity contribution >= 4 is 139 Å². The molecule has 0 bridgehead atoms. The molecule has 0 spiro atoms. The number of rotatable bonds is 14. The number of nitrogens with one attached hydrogen (secondary N) is 2. The van der Waals surface area contributed by atoms with Crippen LogP contribution in [0.1, 0.15) is 40.5 Å². The molecule has 16 aromatic carbocycles. The standard InChI is InChI=1S/2C30H24N6.C27H18N6.C27H20N6/c2*1-19-31-25-10-4-7-13-28(25)34(19)22-16-23(35-20(2)32-26-11-5-8-14-29(26)35)18-24(17-22)36-21(3)33-27-12-6-9-15-30(27)36;1-4-10-25-22(7-1)28-16-31(25)19-13-20(32-17-29-23-8-2-5-11-26(23)32)15-21(14-19)33-18-30-24-9-3-6-12-27(24)33;28-16-19-7-1-4-10-25(19)31-22-13-23(32-26-11-5-2-8-20(26)17-29-32)15-24(14-22)33-27-12-6-3-9-21(27)18-30-33/h2*4-18H,1-3H3;1-18H;1-18,28,31H. The Morgan fingerprint density at radius 1 is 0.225 bits per heavy atom. The van der Waals surface area contributed by atoms with Crippen LogP contribution in [0.5, 0.6) is 0 Å². The van der Waals surface area contributed by atoms with Gasteiger partial charge in [0.2, 0.25) is 0 Å². The third-order valence-corrected chi connectivity index (χ3v) is 25.5. The number of anilines is 2. The molecule has 0 unspecified atom stereocenters. The van der Waals surface area contributed by atoms with Crippen molar-refractivity contribution in [3.05, 3.63) is 436 Å². The van der Waals surface area contributed by atoms with E-state index in [0.717, 1.165) is 236 Å². The summed E-state index contributed by atoms with van der Waals surface area (Å²) in [6.07, 6.45) is 10.8. The minimum Gasteiger partial charge on any atom is -0.355 e. The lowest BCUT2D eigenvalue weighted by molar-refractivity contribution is 0.886.